The van der Waals surface area contributed by atoms with Crippen LogP contribution in [0, 0.1) is 0 Å². The lowest BCUT2D eigenvalue weighted by Gasteiger charge is -2.20. The molecule has 0 fully saturated rings. The minimum Gasteiger partial charge on any atom is -0.371 e. The Morgan fingerprint density at radius 3 is 3.15 bits per heavy atom. The number of aromatic nitrogens is 1. The zero-order valence-corrected chi connectivity index (χ0v) is 12.7. The second-order valence-corrected chi connectivity index (χ2v) is 6.19. The van der Waals surface area contributed by atoms with E-state index in [4.69, 9.17) is 0 Å². The van der Waals surface area contributed by atoms with Crippen LogP contribution in [0.4, 0.5) is 5.69 Å². The predicted octanol–water partition coefficient (Wildman–Crippen LogP) is 3.25. The molecule has 0 amide bonds. The van der Waals surface area contributed by atoms with Gasteiger partial charge in [0.1, 0.15) is 5.01 Å². The third-order valence-electron chi connectivity index (χ3n) is 3.86. The third kappa shape index (κ3) is 3.02. The van der Waals surface area contributed by atoms with Crippen molar-refractivity contribution in [2.45, 2.75) is 25.8 Å². The molecule has 1 unspecified atom stereocenters. The Hall–Kier alpha value is -1.39. The second kappa shape index (κ2) is 6.37. The number of fused-ring (bicyclic) bond motifs is 1. The van der Waals surface area contributed by atoms with Gasteiger partial charge in [0.15, 0.2) is 0 Å². The van der Waals surface area contributed by atoms with E-state index in [2.05, 4.69) is 46.4 Å². The Morgan fingerprint density at radius 1 is 1.40 bits per heavy atom. The number of anilines is 1. The molecule has 3 nitrogen and oxygen atoms in total. The molecule has 0 saturated heterocycles. The Labute approximate surface area is 124 Å². The number of nitrogens with one attached hydrogen (secondary N) is 1. The van der Waals surface area contributed by atoms with Crippen LogP contribution in [-0.4, -0.2) is 24.6 Å². The molecule has 1 N–H and O–H groups in total. The van der Waals surface area contributed by atoms with Crippen LogP contribution in [0.15, 0.2) is 35.8 Å². The van der Waals surface area contributed by atoms with Gasteiger partial charge < -0.3 is 10.2 Å². The van der Waals surface area contributed by atoms with Crippen molar-refractivity contribution in [2.75, 3.05) is 24.5 Å². The van der Waals surface area contributed by atoms with Crippen molar-refractivity contribution < 1.29 is 0 Å². The normalized spacial score (nSPS) is 15.3. The highest BCUT2D eigenvalue weighted by Gasteiger charge is 2.17. The van der Waals surface area contributed by atoms with E-state index >= 15 is 0 Å². The highest BCUT2D eigenvalue weighted by Crippen LogP contribution is 2.27. The summed E-state index contributed by atoms with van der Waals surface area (Å²) in [6.07, 6.45) is 4.24. The maximum absolute atomic E-state index is 4.35. The molecule has 0 aliphatic carbocycles. The largest absolute Gasteiger partial charge is 0.371 e. The van der Waals surface area contributed by atoms with Gasteiger partial charge in [-0.3, -0.25) is 0 Å². The first-order valence-corrected chi connectivity index (χ1v) is 8.18. The quantitative estimate of drug-likeness (QED) is 0.827. The van der Waals surface area contributed by atoms with E-state index in [9.17, 15) is 0 Å². The average molecular weight is 287 g/mol. The molecule has 0 bridgehead atoms. The zero-order valence-electron chi connectivity index (χ0n) is 11.9. The number of thiazole rings is 1. The van der Waals surface area contributed by atoms with Gasteiger partial charge in [-0.05, 0) is 37.9 Å². The predicted molar refractivity (Wildman–Crippen MR) is 85.5 cm³/mol. The molecule has 0 saturated carbocycles. The molecule has 2 heterocycles. The van der Waals surface area contributed by atoms with Gasteiger partial charge in [-0.2, -0.15) is 0 Å². The van der Waals surface area contributed by atoms with E-state index in [-0.39, 0.29) is 0 Å². The fourth-order valence-electron chi connectivity index (χ4n) is 2.76. The summed E-state index contributed by atoms with van der Waals surface area (Å²) in [5, 5.41) is 6.77. The highest BCUT2D eigenvalue weighted by molar-refractivity contribution is 7.09. The summed E-state index contributed by atoms with van der Waals surface area (Å²) in [7, 11) is 0. The Bertz CT molecular complexity index is 538. The van der Waals surface area contributed by atoms with Crippen molar-refractivity contribution in [2.24, 2.45) is 0 Å². The summed E-state index contributed by atoms with van der Waals surface area (Å²) >= 11 is 1.72. The molecule has 3 rings (SSSR count). The van der Waals surface area contributed by atoms with Crippen LogP contribution >= 0.6 is 11.3 Å². The molecule has 1 aliphatic rings. The van der Waals surface area contributed by atoms with Crippen molar-refractivity contribution in [1.29, 1.82) is 0 Å². The minimum atomic E-state index is 0.362. The molecular weight excluding hydrogens is 266 g/mol. The SMILES string of the molecule is CC(NCCCN1CCc2ccccc21)c1nccs1. The Balaban J connectivity index is 1.43. The van der Waals surface area contributed by atoms with Gasteiger partial charge in [0.2, 0.25) is 0 Å². The fraction of sp³-hybridized carbons (Fsp3) is 0.438. The number of rotatable bonds is 6. The van der Waals surface area contributed by atoms with Crippen LogP contribution in [0.1, 0.15) is 30.0 Å². The van der Waals surface area contributed by atoms with Gasteiger partial charge in [0, 0.05) is 30.4 Å². The van der Waals surface area contributed by atoms with E-state index in [1.807, 2.05) is 11.6 Å². The lowest BCUT2D eigenvalue weighted by molar-refractivity contribution is 0.553. The van der Waals surface area contributed by atoms with E-state index in [0.29, 0.717) is 6.04 Å². The maximum atomic E-state index is 4.35. The van der Waals surface area contributed by atoms with Crippen LogP contribution in [-0.2, 0) is 6.42 Å². The van der Waals surface area contributed by atoms with E-state index < -0.39 is 0 Å². The van der Waals surface area contributed by atoms with Crippen LogP contribution < -0.4 is 10.2 Å². The first-order valence-electron chi connectivity index (χ1n) is 7.30. The topological polar surface area (TPSA) is 28.2 Å². The number of para-hydroxylation sites is 1. The van der Waals surface area contributed by atoms with Crippen molar-refractivity contribution in [3.05, 3.63) is 46.4 Å². The molecule has 0 radical (unpaired) electrons. The molecule has 20 heavy (non-hydrogen) atoms. The number of benzene rings is 1. The average Bonchev–Trinajstić information content (AvgIpc) is 3.13. The molecule has 2 aromatic rings. The molecule has 1 atom stereocenters. The summed E-state index contributed by atoms with van der Waals surface area (Å²) in [6.45, 7) is 5.53. The number of nitrogens with zero attached hydrogens (tertiary/aromatic N) is 2. The Morgan fingerprint density at radius 2 is 2.30 bits per heavy atom. The molecular formula is C16H21N3S. The highest BCUT2D eigenvalue weighted by atomic mass is 32.1. The fourth-order valence-corrected chi connectivity index (χ4v) is 3.43. The molecule has 0 spiro atoms. The third-order valence-corrected chi connectivity index (χ3v) is 4.82. The van der Waals surface area contributed by atoms with Gasteiger partial charge in [0.05, 0.1) is 6.04 Å². The van der Waals surface area contributed by atoms with Crippen molar-refractivity contribution >= 4 is 17.0 Å². The first kappa shape index (κ1) is 13.6. The number of hydrogen-bond acceptors (Lipinski definition) is 4. The van der Waals surface area contributed by atoms with Crippen molar-refractivity contribution in [3.8, 4) is 0 Å². The van der Waals surface area contributed by atoms with Crippen molar-refractivity contribution in [3.63, 3.8) is 0 Å². The molecule has 1 aromatic heterocycles. The minimum absolute atomic E-state index is 0.362. The first-order chi connectivity index (χ1) is 9.84. The maximum Gasteiger partial charge on any atom is 0.109 e. The van der Waals surface area contributed by atoms with E-state index in [1.165, 1.54) is 35.6 Å². The number of hydrogen-bond donors (Lipinski definition) is 1. The molecule has 1 aromatic carbocycles. The molecule has 106 valence electrons. The summed E-state index contributed by atoms with van der Waals surface area (Å²) in [5.74, 6) is 0. The lowest BCUT2D eigenvalue weighted by Crippen LogP contribution is -2.27. The van der Waals surface area contributed by atoms with Gasteiger partial charge in [-0.1, -0.05) is 18.2 Å². The standard InChI is InChI=1S/C16H21N3S/c1-13(16-18-9-12-20-16)17-8-4-10-19-11-7-14-5-2-3-6-15(14)19/h2-3,5-6,9,12-13,17H,4,7-8,10-11H2,1H3. The molecule has 4 heteroatoms. The van der Waals surface area contributed by atoms with Crippen molar-refractivity contribution in [1.82, 2.24) is 10.3 Å². The van der Waals surface area contributed by atoms with E-state index in [0.717, 1.165) is 13.1 Å². The summed E-state index contributed by atoms with van der Waals surface area (Å²) in [6, 6.07) is 9.13. The summed E-state index contributed by atoms with van der Waals surface area (Å²) in [5.41, 5.74) is 2.93. The van der Waals surface area contributed by atoms with Gasteiger partial charge in [0.25, 0.3) is 0 Å². The summed E-state index contributed by atoms with van der Waals surface area (Å²) < 4.78 is 0. The van der Waals surface area contributed by atoms with Crippen LogP contribution in [0.2, 0.25) is 0 Å². The van der Waals surface area contributed by atoms with Crippen LogP contribution in [0.25, 0.3) is 0 Å². The summed E-state index contributed by atoms with van der Waals surface area (Å²) in [4.78, 5) is 6.85. The Kier molecular flexibility index (Phi) is 4.33. The zero-order chi connectivity index (χ0) is 13.8. The van der Waals surface area contributed by atoms with Gasteiger partial charge >= 0.3 is 0 Å². The molecule has 1 aliphatic heterocycles. The lowest BCUT2D eigenvalue weighted by atomic mass is 10.2. The van der Waals surface area contributed by atoms with E-state index in [1.54, 1.807) is 11.3 Å². The van der Waals surface area contributed by atoms with Gasteiger partial charge in [-0.15, -0.1) is 11.3 Å². The van der Waals surface area contributed by atoms with Crippen LogP contribution in [0.3, 0.4) is 0 Å². The monoisotopic (exact) mass is 287 g/mol. The van der Waals surface area contributed by atoms with Crippen LogP contribution in [0.5, 0.6) is 0 Å². The second-order valence-electron chi connectivity index (χ2n) is 5.27. The smallest absolute Gasteiger partial charge is 0.109 e. The van der Waals surface area contributed by atoms with Gasteiger partial charge in [-0.25, -0.2) is 4.98 Å².